The highest BCUT2D eigenvalue weighted by atomic mass is 16.5. The second kappa shape index (κ2) is 6.55. The monoisotopic (exact) mass is 256 g/mol. The summed E-state index contributed by atoms with van der Waals surface area (Å²) in [5.41, 5.74) is -0.330. The van der Waals surface area contributed by atoms with Gasteiger partial charge in [-0.15, -0.1) is 0 Å². The third-order valence-corrected chi connectivity index (χ3v) is 4.41. The van der Waals surface area contributed by atoms with Crippen LogP contribution in [0.3, 0.4) is 0 Å². The second-order valence-electron chi connectivity index (χ2n) is 6.58. The second-order valence-corrected chi connectivity index (χ2v) is 6.58. The molecule has 3 heteroatoms. The molecule has 1 aliphatic rings. The Labute approximate surface area is 112 Å². The fraction of sp³-hybridized carbons (Fsp3) is 0.933. The van der Waals surface area contributed by atoms with E-state index in [9.17, 15) is 4.79 Å². The predicted octanol–water partition coefficient (Wildman–Crippen LogP) is 2.99. The van der Waals surface area contributed by atoms with Gasteiger partial charge in [-0.2, -0.15) is 0 Å². The molecule has 0 bridgehead atoms. The van der Waals surface area contributed by atoms with Crippen molar-refractivity contribution in [1.82, 2.24) is 0 Å². The number of nitrogens with zero attached hydrogens (tertiary/aromatic N) is 1. The smallest absolute Gasteiger partial charge is 0.311 e. The molecule has 0 radical (unpaired) electrons. The van der Waals surface area contributed by atoms with Gasteiger partial charge < -0.3 is 9.22 Å². The van der Waals surface area contributed by atoms with Crippen molar-refractivity contribution < 1.29 is 14.0 Å². The third kappa shape index (κ3) is 4.60. The zero-order valence-electron chi connectivity index (χ0n) is 12.6. The van der Waals surface area contributed by atoms with Crippen molar-refractivity contribution in [2.45, 2.75) is 52.9 Å². The van der Waals surface area contributed by atoms with E-state index in [1.807, 2.05) is 20.8 Å². The van der Waals surface area contributed by atoms with Gasteiger partial charge in [0.15, 0.2) is 0 Å². The Kier molecular flexibility index (Phi) is 5.64. The van der Waals surface area contributed by atoms with Gasteiger partial charge in [0.05, 0.1) is 38.7 Å². The predicted molar refractivity (Wildman–Crippen MR) is 74.3 cm³/mol. The minimum Gasteiger partial charge on any atom is -0.465 e. The SMILES string of the molecule is CCC(C)(C)C(=O)OCCC[N+]1(C)CCCCC1. The molecule has 0 aromatic carbocycles. The normalized spacial score (nSPS) is 19.6. The van der Waals surface area contributed by atoms with Crippen LogP contribution in [0.25, 0.3) is 0 Å². The van der Waals surface area contributed by atoms with Crippen LogP contribution in [-0.2, 0) is 9.53 Å². The van der Waals surface area contributed by atoms with Gasteiger partial charge in [0, 0.05) is 6.42 Å². The van der Waals surface area contributed by atoms with Crippen LogP contribution in [0.1, 0.15) is 52.9 Å². The summed E-state index contributed by atoms with van der Waals surface area (Å²) in [4.78, 5) is 11.8. The van der Waals surface area contributed by atoms with Crippen LogP contribution in [0.5, 0.6) is 0 Å². The molecule has 0 spiro atoms. The molecule has 1 fully saturated rings. The van der Waals surface area contributed by atoms with Crippen LogP contribution in [0.4, 0.5) is 0 Å². The van der Waals surface area contributed by atoms with E-state index in [4.69, 9.17) is 4.74 Å². The number of piperidine rings is 1. The summed E-state index contributed by atoms with van der Waals surface area (Å²) in [6.45, 7) is 10.2. The van der Waals surface area contributed by atoms with Crippen molar-refractivity contribution in [1.29, 1.82) is 0 Å². The van der Waals surface area contributed by atoms with Gasteiger partial charge >= 0.3 is 5.97 Å². The lowest BCUT2D eigenvalue weighted by Crippen LogP contribution is -2.48. The summed E-state index contributed by atoms with van der Waals surface area (Å²) < 4.78 is 6.55. The third-order valence-electron chi connectivity index (χ3n) is 4.41. The average Bonchev–Trinajstić information content (AvgIpc) is 2.35. The first-order chi connectivity index (χ1) is 8.40. The van der Waals surface area contributed by atoms with Gasteiger partial charge in [0.2, 0.25) is 0 Å². The average molecular weight is 256 g/mol. The molecule has 0 amide bonds. The summed E-state index contributed by atoms with van der Waals surface area (Å²) in [6, 6.07) is 0. The molecule has 0 atom stereocenters. The minimum absolute atomic E-state index is 0.0497. The molecule has 0 unspecified atom stereocenters. The van der Waals surface area contributed by atoms with E-state index in [1.165, 1.54) is 32.4 Å². The molecule has 18 heavy (non-hydrogen) atoms. The van der Waals surface area contributed by atoms with Crippen LogP contribution in [-0.4, -0.2) is 43.7 Å². The first kappa shape index (κ1) is 15.5. The summed E-state index contributed by atoms with van der Waals surface area (Å²) in [6.07, 6.45) is 5.90. The number of ether oxygens (including phenoxy) is 1. The Bertz CT molecular complexity index is 268. The number of hydrogen-bond donors (Lipinski definition) is 0. The van der Waals surface area contributed by atoms with Gasteiger partial charge in [0.1, 0.15) is 0 Å². The van der Waals surface area contributed by atoms with Crippen molar-refractivity contribution in [3.8, 4) is 0 Å². The van der Waals surface area contributed by atoms with E-state index in [2.05, 4.69) is 7.05 Å². The largest absolute Gasteiger partial charge is 0.465 e. The zero-order valence-corrected chi connectivity index (χ0v) is 12.6. The highest BCUT2D eigenvalue weighted by Gasteiger charge is 2.28. The van der Waals surface area contributed by atoms with Gasteiger partial charge in [-0.05, 0) is 39.5 Å². The van der Waals surface area contributed by atoms with Crippen molar-refractivity contribution >= 4 is 5.97 Å². The molecule has 0 saturated carbocycles. The molecule has 1 aliphatic heterocycles. The van der Waals surface area contributed by atoms with Crippen molar-refractivity contribution in [2.75, 3.05) is 33.3 Å². The molecule has 106 valence electrons. The lowest BCUT2D eigenvalue weighted by molar-refractivity contribution is -0.914. The molecule has 0 aliphatic carbocycles. The van der Waals surface area contributed by atoms with E-state index in [-0.39, 0.29) is 11.4 Å². The maximum atomic E-state index is 11.8. The van der Waals surface area contributed by atoms with E-state index >= 15 is 0 Å². The highest BCUT2D eigenvalue weighted by molar-refractivity contribution is 5.75. The molecule has 0 N–H and O–H groups in total. The van der Waals surface area contributed by atoms with Crippen LogP contribution in [0, 0.1) is 5.41 Å². The molecular formula is C15H30NO2+. The van der Waals surface area contributed by atoms with Crippen molar-refractivity contribution in [3.63, 3.8) is 0 Å². The summed E-state index contributed by atoms with van der Waals surface area (Å²) in [7, 11) is 2.33. The molecule has 0 aromatic heterocycles. The van der Waals surface area contributed by atoms with E-state index in [0.717, 1.165) is 23.9 Å². The lowest BCUT2D eigenvalue weighted by atomic mass is 9.91. The lowest BCUT2D eigenvalue weighted by Gasteiger charge is -2.37. The summed E-state index contributed by atoms with van der Waals surface area (Å²) in [5.74, 6) is -0.0497. The van der Waals surface area contributed by atoms with Gasteiger partial charge in [0.25, 0.3) is 0 Å². The van der Waals surface area contributed by atoms with Crippen LogP contribution < -0.4 is 0 Å². The topological polar surface area (TPSA) is 26.3 Å². The molecule has 1 heterocycles. The number of quaternary nitrogens is 1. The maximum Gasteiger partial charge on any atom is 0.311 e. The zero-order chi connectivity index (χ0) is 13.6. The number of carbonyl (C=O) groups excluding carboxylic acids is 1. The molecule has 0 aromatic rings. The van der Waals surface area contributed by atoms with Gasteiger partial charge in [-0.1, -0.05) is 6.92 Å². The Morgan fingerprint density at radius 3 is 2.39 bits per heavy atom. The molecule has 1 rings (SSSR count). The summed E-state index contributed by atoms with van der Waals surface area (Å²) >= 11 is 0. The number of carbonyl (C=O) groups is 1. The Balaban J connectivity index is 2.20. The first-order valence-corrected chi connectivity index (χ1v) is 7.40. The van der Waals surface area contributed by atoms with E-state index in [1.54, 1.807) is 0 Å². The van der Waals surface area contributed by atoms with Crippen LogP contribution in [0.15, 0.2) is 0 Å². The summed E-state index contributed by atoms with van der Waals surface area (Å²) in [5, 5.41) is 0. The Hall–Kier alpha value is -0.570. The van der Waals surface area contributed by atoms with E-state index in [0.29, 0.717) is 6.61 Å². The number of likely N-dealkylation sites (tertiary alicyclic amines) is 1. The van der Waals surface area contributed by atoms with Gasteiger partial charge in [-0.25, -0.2) is 0 Å². The Morgan fingerprint density at radius 1 is 1.22 bits per heavy atom. The van der Waals surface area contributed by atoms with Crippen molar-refractivity contribution in [3.05, 3.63) is 0 Å². The fourth-order valence-corrected chi connectivity index (χ4v) is 2.45. The number of rotatable bonds is 6. The van der Waals surface area contributed by atoms with Gasteiger partial charge in [-0.3, -0.25) is 4.79 Å². The number of hydrogen-bond acceptors (Lipinski definition) is 2. The maximum absolute atomic E-state index is 11.8. The van der Waals surface area contributed by atoms with E-state index < -0.39 is 0 Å². The first-order valence-electron chi connectivity index (χ1n) is 7.40. The highest BCUT2D eigenvalue weighted by Crippen LogP contribution is 2.22. The fourth-order valence-electron chi connectivity index (χ4n) is 2.45. The van der Waals surface area contributed by atoms with Crippen LogP contribution in [0.2, 0.25) is 0 Å². The minimum atomic E-state index is -0.330. The standard InChI is InChI=1S/C15H30NO2/c1-5-15(2,3)14(17)18-13-9-12-16(4)10-7-6-8-11-16/h5-13H2,1-4H3/q+1. The molecular weight excluding hydrogens is 226 g/mol. The van der Waals surface area contributed by atoms with Crippen LogP contribution >= 0.6 is 0 Å². The molecule has 1 saturated heterocycles. The quantitative estimate of drug-likeness (QED) is 0.415. The number of esters is 1. The Morgan fingerprint density at radius 2 is 1.83 bits per heavy atom. The molecule has 3 nitrogen and oxygen atoms in total. The van der Waals surface area contributed by atoms with Crippen molar-refractivity contribution in [2.24, 2.45) is 5.41 Å².